The van der Waals surface area contributed by atoms with Gasteiger partial charge in [0.1, 0.15) is 9.84 Å². The summed E-state index contributed by atoms with van der Waals surface area (Å²) in [5, 5.41) is 3.27. The molecule has 1 aromatic rings. The van der Waals surface area contributed by atoms with Crippen molar-refractivity contribution in [2.75, 3.05) is 18.1 Å². The molecule has 0 aromatic carbocycles. The second-order valence-corrected chi connectivity index (χ2v) is 6.76. The van der Waals surface area contributed by atoms with Gasteiger partial charge in [0.25, 0.3) is 0 Å². The maximum atomic E-state index is 11.4. The van der Waals surface area contributed by atoms with Gasteiger partial charge in [-0.3, -0.25) is 0 Å². The maximum Gasteiger partial charge on any atom is 0.150 e. The van der Waals surface area contributed by atoms with E-state index in [1.807, 2.05) is 12.5 Å². The minimum Gasteiger partial charge on any atom is -0.330 e. The Morgan fingerprint density at radius 1 is 1.47 bits per heavy atom. The fraction of sp³-hybridized carbons (Fsp3) is 0.727. The minimum absolute atomic E-state index is 0.287. The van der Waals surface area contributed by atoms with Gasteiger partial charge in [0.2, 0.25) is 0 Å². The van der Waals surface area contributed by atoms with Gasteiger partial charge in [0.05, 0.1) is 23.5 Å². The highest BCUT2D eigenvalue weighted by molar-refractivity contribution is 7.91. The second kappa shape index (κ2) is 5.18. The highest BCUT2D eigenvalue weighted by Gasteiger charge is 2.25. The van der Waals surface area contributed by atoms with Gasteiger partial charge in [0, 0.05) is 18.8 Å². The zero-order valence-corrected chi connectivity index (χ0v) is 10.9. The normalized spacial score (nSPS) is 20.5. The van der Waals surface area contributed by atoms with E-state index in [-0.39, 0.29) is 6.04 Å². The van der Waals surface area contributed by atoms with Crippen molar-refractivity contribution in [1.29, 1.82) is 0 Å². The van der Waals surface area contributed by atoms with Crippen molar-refractivity contribution < 1.29 is 8.42 Å². The Balaban J connectivity index is 2.05. The average molecular weight is 257 g/mol. The van der Waals surface area contributed by atoms with E-state index in [0.717, 1.165) is 18.8 Å². The lowest BCUT2D eigenvalue weighted by atomic mass is 10.1. The number of nitrogens with one attached hydrogen (secondary N) is 1. The van der Waals surface area contributed by atoms with Gasteiger partial charge in [0.15, 0.2) is 0 Å². The van der Waals surface area contributed by atoms with Crippen molar-refractivity contribution in [2.45, 2.75) is 32.4 Å². The number of imidazole rings is 1. The Labute approximate surface area is 102 Å². The molecule has 0 radical (unpaired) electrons. The molecule has 5 nitrogen and oxygen atoms in total. The molecule has 1 aliphatic rings. The first-order valence-electron chi connectivity index (χ1n) is 6.04. The summed E-state index contributed by atoms with van der Waals surface area (Å²) in [7, 11) is -2.79. The summed E-state index contributed by atoms with van der Waals surface area (Å²) in [6.45, 7) is 3.78. The molecule has 0 aliphatic carbocycles. The van der Waals surface area contributed by atoms with Crippen LogP contribution < -0.4 is 5.32 Å². The quantitative estimate of drug-likeness (QED) is 0.864. The number of rotatable bonds is 4. The first-order chi connectivity index (χ1) is 8.12. The van der Waals surface area contributed by atoms with Crippen LogP contribution in [0.2, 0.25) is 0 Å². The molecule has 2 rings (SSSR count). The summed E-state index contributed by atoms with van der Waals surface area (Å²) in [4.78, 5) is 4.16. The molecule has 0 atom stereocenters. The lowest BCUT2D eigenvalue weighted by molar-refractivity contribution is 0.434. The second-order valence-electron chi connectivity index (χ2n) is 4.46. The molecule has 17 heavy (non-hydrogen) atoms. The Morgan fingerprint density at radius 3 is 2.82 bits per heavy atom. The van der Waals surface area contributed by atoms with E-state index in [2.05, 4.69) is 21.8 Å². The molecule has 1 N–H and O–H groups in total. The van der Waals surface area contributed by atoms with Crippen molar-refractivity contribution in [3.8, 4) is 0 Å². The molecular weight excluding hydrogens is 238 g/mol. The summed E-state index contributed by atoms with van der Waals surface area (Å²) < 4.78 is 24.9. The molecule has 96 valence electrons. The lowest BCUT2D eigenvalue weighted by Crippen LogP contribution is -2.27. The van der Waals surface area contributed by atoms with Crippen molar-refractivity contribution in [2.24, 2.45) is 0 Å². The van der Waals surface area contributed by atoms with Crippen molar-refractivity contribution in [1.82, 2.24) is 14.9 Å². The molecular formula is C11H19N3O2S. The van der Waals surface area contributed by atoms with E-state index in [4.69, 9.17) is 0 Å². The number of hydrogen-bond acceptors (Lipinski definition) is 4. The van der Waals surface area contributed by atoms with Gasteiger partial charge in [-0.05, 0) is 19.4 Å². The minimum atomic E-state index is -2.79. The van der Waals surface area contributed by atoms with Crippen LogP contribution in [0.15, 0.2) is 12.5 Å². The van der Waals surface area contributed by atoms with Crippen LogP contribution in [0.4, 0.5) is 0 Å². The largest absolute Gasteiger partial charge is 0.330 e. The Bertz CT molecular complexity index is 453. The van der Waals surface area contributed by atoms with Crippen LogP contribution in [0, 0.1) is 0 Å². The van der Waals surface area contributed by atoms with Gasteiger partial charge in [-0.1, -0.05) is 6.92 Å². The summed E-state index contributed by atoms with van der Waals surface area (Å²) in [6, 6.07) is 0.287. The van der Waals surface area contributed by atoms with Gasteiger partial charge in [-0.2, -0.15) is 0 Å². The monoisotopic (exact) mass is 257 g/mol. The molecule has 0 saturated carbocycles. The molecule has 1 aromatic heterocycles. The van der Waals surface area contributed by atoms with Crippen molar-refractivity contribution >= 4 is 9.84 Å². The third-order valence-electron chi connectivity index (χ3n) is 3.22. The zero-order valence-electron chi connectivity index (χ0n) is 10.1. The van der Waals surface area contributed by atoms with Crippen molar-refractivity contribution in [3.05, 3.63) is 18.2 Å². The molecule has 6 heteroatoms. The van der Waals surface area contributed by atoms with Gasteiger partial charge in [-0.15, -0.1) is 0 Å². The van der Waals surface area contributed by atoms with Crippen molar-refractivity contribution in [3.63, 3.8) is 0 Å². The number of hydrogen-bond donors (Lipinski definition) is 1. The van der Waals surface area contributed by atoms with Crippen LogP contribution in [-0.4, -0.2) is 36.0 Å². The standard InChI is InChI=1S/C11H19N3O2S/c1-2-12-7-11-8-13-9-14(11)10-3-5-17(15,16)6-4-10/h8-10,12H,2-7H2,1H3. The number of sulfone groups is 1. The first-order valence-corrected chi connectivity index (χ1v) is 7.86. The van der Waals surface area contributed by atoms with E-state index in [9.17, 15) is 8.42 Å². The Kier molecular flexibility index (Phi) is 3.83. The predicted molar refractivity (Wildman–Crippen MR) is 66.5 cm³/mol. The van der Waals surface area contributed by atoms with Crippen LogP contribution in [0.5, 0.6) is 0 Å². The van der Waals surface area contributed by atoms with Gasteiger partial charge >= 0.3 is 0 Å². The maximum absolute atomic E-state index is 11.4. The fourth-order valence-corrected chi connectivity index (χ4v) is 3.67. The van der Waals surface area contributed by atoms with E-state index >= 15 is 0 Å². The summed E-state index contributed by atoms with van der Waals surface area (Å²) in [6.07, 6.45) is 5.08. The van der Waals surface area contributed by atoms with E-state index in [1.54, 1.807) is 0 Å². The molecule has 1 fully saturated rings. The van der Waals surface area contributed by atoms with Crippen LogP contribution in [0.3, 0.4) is 0 Å². The molecule has 2 heterocycles. The third-order valence-corrected chi connectivity index (χ3v) is 4.94. The van der Waals surface area contributed by atoms with Crippen LogP contribution in [0.1, 0.15) is 31.5 Å². The Morgan fingerprint density at radius 2 is 2.18 bits per heavy atom. The predicted octanol–water partition coefficient (Wildman–Crippen LogP) is 0.742. The van der Waals surface area contributed by atoms with Crippen LogP contribution in [-0.2, 0) is 16.4 Å². The molecule has 0 bridgehead atoms. The molecule has 1 aliphatic heterocycles. The molecule has 0 amide bonds. The average Bonchev–Trinajstić information content (AvgIpc) is 2.74. The lowest BCUT2D eigenvalue weighted by Gasteiger charge is -2.25. The molecule has 1 saturated heterocycles. The summed E-state index contributed by atoms with van der Waals surface area (Å²) in [5.74, 6) is 0.604. The third kappa shape index (κ3) is 3.07. The molecule has 0 spiro atoms. The fourth-order valence-electron chi connectivity index (χ4n) is 2.21. The van der Waals surface area contributed by atoms with E-state index in [1.165, 1.54) is 0 Å². The van der Waals surface area contributed by atoms with E-state index < -0.39 is 9.84 Å². The number of nitrogens with zero attached hydrogens (tertiary/aromatic N) is 2. The topological polar surface area (TPSA) is 64.0 Å². The summed E-state index contributed by atoms with van der Waals surface area (Å²) >= 11 is 0. The highest BCUT2D eigenvalue weighted by atomic mass is 32.2. The smallest absolute Gasteiger partial charge is 0.150 e. The van der Waals surface area contributed by atoms with Gasteiger partial charge in [-0.25, -0.2) is 13.4 Å². The molecule has 0 unspecified atom stereocenters. The summed E-state index contributed by atoms with van der Waals surface area (Å²) in [5.41, 5.74) is 1.14. The Hall–Kier alpha value is -0.880. The highest BCUT2D eigenvalue weighted by Crippen LogP contribution is 2.25. The first kappa shape index (κ1) is 12.6. The van der Waals surface area contributed by atoms with E-state index in [0.29, 0.717) is 24.3 Å². The SMILES string of the molecule is CCNCc1cncn1C1CCS(=O)(=O)CC1. The van der Waals surface area contributed by atoms with Gasteiger partial charge < -0.3 is 9.88 Å². The van der Waals surface area contributed by atoms with Crippen LogP contribution >= 0.6 is 0 Å². The van der Waals surface area contributed by atoms with Crippen LogP contribution in [0.25, 0.3) is 0 Å². The number of aromatic nitrogens is 2. The zero-order chi connectivity index (χ0) is 12.3.